The number of phenolic OH excluding ortho intramolecular Hbond substituents is 1. The summed E-state index contributed by atoms with van der Waals surface area (Å²) in [6.45, 7) is 6.16. The lowest BCUT2D eigenvalue weighted by molar-refractivity contribution is 0.0772. The summed E-state index contributed by atoms with van der Waals surface area (Å²) >= 11 is 0. The minimum atomic E-state index is -0.296. The first-order valence-electron chi connectivity index (χ1n) is 5.32. The van der Waals surface area contributed by atoms with Gasteiger partial charge in [0.2, 0.25) is 0 Å². The number of ketones is 1. The third-order valence-electron chi connectivity index (χ3n) is 3.68. The summed E-state index contributed by atoms with van der Waals surface area (Å²) in [5, 5.41) is 9.38. The number of Topliss-reactive ketones (excluding diaryl/α,β-unsaturated/α-hetero) is 1. The Bertz CT molecular complexity index is 421. The van der Waals surface area contributed by atoms with E-state index in [0.717, 1.165) is 17.5 Å². The molecule has 0 spiro atoms. The molecule has 0 aliphatic heterocycles. The molecule has 15 heavy (non-hydrogen) atoms. The molecule has 0 radical (unpaired) electrons. The third-order valence-corrected chi connectivity index (χ3v) is 3.68. The Hall–Kier alpha value is -1.31. The number of rotatable bonds is 1. The van der Waals surface area contributed by atoms with Gasteiger partial charge in [0.1, 0.15) is 5.75 Å². The van der Waals surface area contributed by atoms with Crippen molar-refractivity contribution in [3.63, 3.8) is 0 Å². The summed E-state index contributed by atoms with van der Waals surface area (Å²) in [6, 6.07) is 5.03. The number of hydrogen-bond donors (Lipinski definition) is 1. The highest BCUT2D eigenvalue weighted by Gasteiger charge is 2.43. The maximum Gasteiger partial charge on any atom is 0.169 e. The molecule has 1 aromatic rings. The van der Waals surface area contributed by atoms with Gasteiger partial charge in [0.05, 0.1) is 0 Å². The van der Waals surface area contributed by atoms with Gasteiger partial charge in [0, 0.05) is 11.0 Å². The van der Waals surface area contributed by atoms with Crippen LogP contribution in [0.15, 0.2) is 18.2 Å². The van der Waals surface area contributed by atoms with Gasteiger partial charge in [-0.25, -0.2) is 0 Å². The van der Waals surface area contributed by atoms with E-state index in [1.807, 2.05) is 6.92 Å². The van der Waals surface area contributed by atoms with Gasteiger partial charge in [0.25, 0.3) is 0 Å². The Morgan fingerprint density at radius 2 is 2.07 bits per heavy atom. The van der Waals surface area contributed by atoms with Crippen molar-refractivity contribution in [3.8, 4) is 5.75 Å². The molecule has 1 aliphatic carbocycles. The van der Waals surface area contributed by atoms with Gasteiger partial charge in [-0.1, -0.05) is 20.8 Å². The van der Waals surface area contributed by atoms with Crippen LogP contribution in [0.4, 0.5) is 0 Å². The highest BCUT2D eigenvalue weighted by atomic mass is 16.3. The summed E-state index contributed by atoms with van der Waals surface area (Å²) in [7, 11) is 0. The van der Waals surface area contributed by atoms with E-state index < -0.39 is 0 Å². The molecule has 2 rings (SSSR count). The van der Waals surface area contributed by atoms with Gasteiger partial charge in [-0.05, 0) is 36.1 Å². The first-order chi connectivity index (χ1) is 6.95. The maximum absolute atomic E-state index is 12.2. The number of fused-ring (bicyclic) bond motifs is 1. The molecule has 2 heteroatoms. The van der Waals surface area contributed by atoms with Crippen molar-refractivity contribution in [2.24, 2.45) is 11.3 Å². The zero-order chi connectivity index (χ0) is 11.2. The molecule has 1 aliphatic rings. The quantitative estimate of drug-likeness (QED) is 0.763. The average Bonchev–Trinajstić information content (AvgIpc) is 2.40. The van der Waals surface area contributed by atoms with Gasteiger partial charge in [-0.2, -0.15) is 0 Å². The van der Waals surface area contributed by atoms with E-state index in [4.69, 9.17) is 0 Å². The number of phenols is 1. The Balaban J connectivity index is 2.50. The van der Waals surface area contributed by atoms with Gasteiger partial charge >= 0.3 is 0 Å². The van der Waals surface area contributed by atoms with Crippen molar-refractivity contribution in [2.45, 2.75) is 27.2 Å². The summed E-state index contributed by atoms with van der Waals surface area (Å²) in [6.07, 6.45) is 0.743. The molecule has 1 atom stereocenters. The fourth-order valence-corrected chi connectivity index (χ4v) is 2.20. The standard InChI is InChI=1S/C13H16O2/c1-8(2)13(3)7-9-6-10(14)4-5-11(9)12(13)15/h4-6,8,14H,7H2,1-3H3. The topological polar surface area (TPSA) is 37.3 Å². The number of carbonyl (C=O) groups is 1. The van der Waals surface area contributed by atoms with Crippen molar-refractivity contribution in [2.75, 3.05) is 0 Å². The van der Waals surface area contributed by atoms with Crippen LogP contribution in [0, 0.1) is 11.3 Å². The molecule has 0 fully saturated rings. The zero-order valence-corrected chi connectivity index (χ0v) is 9.37. The van der Waals surface area contributed by atoms with E-state index in [2.05, 4.69) is 13.8 Å². The Morgan fingerprint density at radius 1 is 1.40 bits per heavy atom. The molecular formula is C13H16O2. The van der Waals surface area contributed by atoms with Crippen molar-refractivity contribution in [3.05, 3.63) is 29.3 Å². The molecule has 2 nitrogen and oxygen atoms in total. The second kappa shape index (κ2) is 3.09. The third kappa shape index (κ3) is 1.36. The molecular weight excluding hydrogens is 188 g/mol. The molecule has 1 unspecified atom stereocenters. The smallest absolute Gasteiger partial charge is 0.169 e. The van der Waals surface area contributed by atoms with Crippen LogP contribution in [0.5, 0.6) is 5.75 Å². The Morgan fingerprint density at radius 3 is 2.67 bits per heavy atom. The average molecular weight is 204 g/mol. The van der Waals surface area contributed by atoms with Crippen LogP contribution in [0.3, 0.4) is 0 Å². The van der Waals surface area contributed by atoms with Crippen LogP contribution >= 0.6 is 0 Å². The fourth-order valence-electron chi connectivity index (χ4n) is 2.20. The summed E-state index contributed by atoms with van der Waals surface area (Å²) < 4.78 is 0. The van der Waals surface area contributed by atoms with Crippen LogP contribution in [0.2, 0.25) is 0 Å². The van der Waals surface area contributed by atoms with Crippen LogP contribution in [0.25, 0.3) is 0 Å². The van der Waals surface area contributed by atoms with Crippen molar-refractivity contribution >= 4 is 5.78 Å². The second-order valence-corrected chi connectivity index (χ2v) is 4.92. The molecule has 1 aromatic carbocycles. The lowest BCUT2D eigenvalue weighted by Crippen LogP contribution is -2.30. The highest BCUT2D eigenvalue weighted by Crippen LogP contribution is 2.42. The first-order valence-corrected chi connectivity index (χ1v) is 5.32. The molecule has 0 saturated heterocycles. The maximum atomic E-state index is 12.2. The molecule has 0 bridgehead atoms. The molecule has 80 valence electrons. The predicted octanol–water partition coefficient (Wildman–Crippen LogP) is 2.79. The summed E-state index contributed by atoms with van der Waals surface area (Å²) in [5.74, 6) is 0.779. The minimum Gasteiger partial charge on any atom is -0.508 e. The van der Waals surface area contributed by atoms with Gasteiger partial charge in [0.15, 0.2) is 5.78 Å². The lowest BCUT2D eigenvalue weighted by atomic mass is 9.76. The lowest BCUT2D eigenvalue weighted by Gasteiger charge is -2.26. The fraction of sp³-hybridized carbons (Fsp3) is 0.462. The Kier molecular flexibility index (Phi) is 2.10. The minimum absolute atomic E-state index is 0.215. The van der Waals surface area contributed by atoms with Crippen molar-refractivity contribution < 1.29 is 9.90 Å². The van der Waals surface area contributed by atoms with Gasteiger partial charge < -0.3 is 5.11 Å². The van der Waals surface area contributed by atoms with E-state index in [1.165, 1.54) is 0 Å². The SMILES string of the molecule is CC(C)C1(C)Cc2cc(O)ccc2C1=O. The summed E-state index contributed by atoms with van der Waals surface area (Å²) in [4.78, 5) is 12.2. The van der Waals surface area contributed by atoms with Gasteiger partial charge in [-0.15, -0.1) is 0 Å². The molecule has 1 N–H and O–H groups in total. The molecule has 0 amide bonds. The van der Waals surface area contributed by atoms with Crippen molar-refractivity contribution in [1.82, 2.24) is 0 Å². The van der Waals surface area contributed by atoms with E-state index in [1.54, 1.807) is 18.2 Å². The van der Waals surface area contributed by atoms with Crippen LogP contribution in [-0.2, 0) is 6.42 Å². The Labute approximate surface area is 89.9 Å². The van der Waals surface area contributed by atoms with Gasteiger partial charge in [-0.3, -0.25) is 4.79 Å². The number of benzene rings is 1. The number of hydrogen-bond acceptors (Lipinski definition) is 2. The molecule has 0 aromatic heterocycles. The van der Waals surface area contributed by atoms with Crippen LogP contribution in [-0.4, -0.2) is 10.9 Å². The van der Waals surface area contributed by atoms with E-state index in [0.29, 0.717) is 5.92 Å². The van der Waals surface area contributed by atoms with E-state index in [9.17, 15) is 9.90 Å². The monoisotopic (exact) mass is 204 g/mol. The second-order valence-electron chi connectivity index (χ2n) is 4.92. The van der Waals surface area contributed by atoms with Crippen molar-refractivity contribution in [1.29, 1.82) is 0 Å². The zero-order valence-electron chi connectivity index (χ0n) is 9.37. The normalized spacial score (nSPS) is 24.7. The van der Waals surface area contributed by atoms with Crippen LogP contribution < -0.4 is 0 Å². The van der Waals surface area contributed by atoms with Crippen LogP contribution in [0.1, 0.15) is 36.7 Å². The largest absolute Gasteiger partial charge is 0.508 e. The van der Waals surface area contributed by atoms with E-state index >= 15 is 0 Å². The molecule has 0 heterocycles. The number of carbonyl (C=O) groups excluding carboxylic acids is 1. The summed E-state index contributed by atoms with van der Waals surface area (Å²) in [5.41, 5.74) is 1.47. The van der Waals surface area contributed by atoms with E-state index in [-0.39, 0.29) is 16.9 Å². The highest BCUT2D eigenvalue weighted by molar-refractivity contribution is 6.05. The first kappa shape index (κ1) is 10.2. The molecule has 0 saturated carbocycles. The number of aromatic hydroxyl groups is 1. The predicted molar refractivity (Wildman–Crippen MR) is 59.1 cm³/mol.